The van der Waals surface area contributed by atoms with Crippen molar-refractivity contribution in [3.8, 4) is 11.5 Å². The molecule has 0 saturated carbocycles. The molecular formula is C10H12O2. The van der Waals surface area contributed by atoms with E-state index in [0.29, 0.717) is 12.4 Å². The van der Waals surface area contributed by atoms with Gasteiger partial charge in [0, 0.05) is 0 Å². The van der Waals surface area contributed by atoms with Crippen LogP contribution in [0.2, 0.25) is 0 Å². The predicted molar refractivity (Wildman–Crippen MR) is 48.5 cm³/mol. The van der Waals surface area contributed by atoms with Gasteiger partial charge in [-0.2, -0.15) is 0 Å². The van der Waals surface area contributed by atoms with E-state index in [1.807, 2.05) is 13.0 Å². The number of aryl methyl sites for hydroxylation is 1. The van der Waals surface area contributed by atoms with Gasteiger partial charge in [-0.15, -0.1) is 0 Å². The molecule has 0 aliphatic rings. The molecule has 2 nitrogen and oxygen atoms in total. The lowest BCUT2D eigenvalue weighted by atomic mass is 10.2. The van der Waals surface area contributed by atoms with Crippen LogP contribution in [0.5, 0.6) is 11.5 Å². The molecule has 1 aromatic carbocycles. The Hall–Kier alpha value is -1.44. The van der Waals surface area contributed by atoms with Crippen LogP contribution < -0.4 is 4.74 Å². The summed E-state index contributed by atoms with van der Waals surface area (Å²) < 4.78 is 5.20. The van der Waals surface area contributed by atoms with Crippen LogP contribution in [-0.4, -0.2) is 11.7 Å². The summed E-state index contributed by atoms with van der Waals surface area (Å²) in [5, 5.41) is 9.30. The van der Waals surface area contributed by atoms with Gasteiger partial charge in [-0.1, -0.05) is 18.7 Å². The van der Waals surface area contributed by atoms with Gasteiger partial charge < -0.3 is 9.84 Å². The van der Waals surface area contributed by atoms with Crippen molar-refractivity contribution in [1.29, 1.82) is 0 Å². The summed E-state index contributed by atoms with van der Waals surface area (Å²) in [6.45, 7) is 5.88. The van der Waals surface area contributed by atoms with Crippen molar-refractivity contribution in [2.45, 2.75) is 6.92 Å². The van der Waals surface area contributed by atoms with Crippen molar-refractivity contribution in [3.63, 3.8) is 0 Å². The summed E-state index contributed by atoms with van der Waals surface area (Å²) in [6.07, 6.45) is 1.64. The van der Waals surface area contributed by atoms with Crippen LogP contribution in [0.1, 0.15) is 5.56 Å². The number of rotatable bonds is 3. The van der Waals surface area contributed by atoms with Crippen molar-refractivity contribution in [2.24, 2.45) is 0 Å². The number of hydrogen-bond donors (Lipinski definition) is 1. The molecule has 0 amide bonds. The molecule has 0 aromatic heterocycles. The number of phenols is 1. The maximum absolute atomic E-state index is 9.30. The van der Waals surface area contributed by atoms with Crippen LogP contribution in [-0.2, 0) is 0 Å². The Balaban J connectivity index is 2.82. The van der Waals surface area contributed by atoms with Crippen LogP contribution in [0.25, 0.3) is 0 Å². The van der Waals surface area contributed by atoms with Crippen LogP contribution in [0.3, 0.4) is 0 Å². The largest absolute Gasteiger partial charge is 0.504 e. The Morgan fingerprint density at radius 3 is 3.00 bits per heavy atom. The second-order valence-electron chi connectivity index (χ2n) is 2.57. The fraction of sp³-hybridized carbons (Fsp3) is 0.200. The molecule has 2 heteroatoms. The van der Waals surface area contributed by atoms with Crippen molar-refractivity contribution < 1.29 is 9.84 Å². The van der Waals surface area contributed by atoms with Gasteiger partial charge in [-0.25, -0.2) is 0 Å². The average Bonchev–Trinajstić information content (AvgIpc) is 2.07. The maximum Gasteiger partial charge on any atom is 0.161 e. The van der Waals surface area contributed by atoms with Crippen LogP contribution in [0, 0.1) is 6.92 Å². The highest BCUT2D eigenvalue weighted by atomic mass is 16.5. The van der Waals surface area contributed by atoms with Gasteiger partial charge in [0.1, 0.15) is 6.61 Å². The third kappa shape index (κ3) is 2.02. The average molecular weight is 164 g/mol. The Labute approximate surface area is 72.1 Å². The molecule has 1 rings (SSSR count). The molecule has 0 bridgehead atoms. The first kappa shape index (κ1) is 8.65. The molecule has 0 unspecified atom stereocenters. The smallest absolute Gasteiger partial charge is 0.161 e. The van der Waals surface area contributed by atoms with Crippen molar-refractivity contribution in [2.75, 3.05) is 6.61 Å². The molecule has 0 saturated heterocycles. The first-order valence-electron chi connectivity index (χ1n) is 3.77. The third-order valence-corrected chi connectivity index (χ3v) is 1.47. The molecule has 0 atom stereocenters. The molecule has 12 heavy (non-hydrogen) atoms. The highest BCUT2D eigenvalue weighted by molar-refractivity contribution is 5.41. The van der Waals surface area contributed by atoms with E-state index in [1.54, 1.807) is 18.2 Å². The second kappa shape index (κ2) is 3.81. The van der Waals surface area contributed by atoms with E-state index in [2.05, 4.69) is 6.58 Å². The molecule has 0 fully saturated rings. The van der Waals surface area contributed by atoms with Gasteiger partial charge in [0.25, 0.3) is 0 Å². The maximum atomic E-state index is 9.30. The lowest BCUT2D eigenvalue weighted by molar-refractivity contribution is 0.336. The summed E-state index contributed by atoms with van der Waals surface area (Å²) in [7, 11) is 0. The quantitative estimate of drug-likeness (QED) is 0.694. The summed E-state index contributed by atoms with van der Waals surface area (Å²) >= 11 is 0. The van der Waals surface area contributed by atoms with Crippen molar-refractivity contribution in [1.82, 2.24) is 0 Å². The van der Waals surface area contributed by atoms with Crippen LogP contribution in [0.15, 0.2) is 30.9 Å². The van der Waals surface area contributed by atoms with Gasteiger partial charge in [0.05, 0.1) is 0 Å². The summed E-state index contributed by atoms with van der Waals surface area (Å²) in [6, 6.07) is 5.24. The zero-order valence-corrected chi connectivity index (χ0v) is 7.08. The number of phenolic OH excluding ortho intramolecular Hbond substituents is 1. The molecule has 0 spiro atoms. The zero-order valence-electron chi connectivity index (χ0n) is 7.08. The fourth-order valence-electron chi connectivity index (χ4n) is 0.886. The fourth-order valence-corrected chi connectivity index (χ4v) is 0.886. The number of hydrogen-bond acceptors (Lipinski definition) is 2. The topological polar surface area (TPSA) is 29.5 Å². The Kier molecular flexibility index (Phi) is 2.75. The Bertz CT molecular complexity index is 279. The SMILES string of the molecule is C=CCOc1cc(C)ccc1O. The number of benzene rings is 1. The van der Waals surface area contributed by atoms with Gasteiger partial charge >= 0.3 is 0 Å². The van der Waals surface area contributed by atoms with E-state index < -0.39 is 0 Å². The minimum Gasteiger partial charge on any atom is -0.504 e. The summed E-state index contributed by atoms with van der Waals surface area (Å²) in [5.41, 5.74) is 1.06. The minimum absolute atomic E-state index is 0.169. The van der Waals surface area contributed by atoms with E-state index in [4.69, 9.17) is 4.74 Å². The van der Waals surface area contributed by atoms with E-state index in [0.717, 1.165) is 5.56 Å². The number of ether oxygens (including phenoxy) is 1. The highest BCUT2D eigenvalue weighted by Gasteiger charge is 1.99. The predicted octanol–water partition coefficient (Wildman–Crippen LogP) is 2.27. The second-order valence-corrected chi connectivity index (χ2v) is 2.57. The Morgan fingerprint density at radius 1 is 1.58 bits per heavy atom. The molecule has 0 radical (unpaired) electrons. The third-order valence-electron chi connectivity index (χ3n) is 1.47. The monoisotopic (exact) mass is 164 g/mol. The summed E-state index contributed by atoms with van der Waals surface area (Å²) in [4.78, 5) is 0. The molecule has 1 aromatic rings. The zero-order chi connectivity index (χ0) is 8.97. The first-order chi connectivity index (χ1) is 5.74. The van der Waals surface area contributed by atoms with Gasteiger partial charge in [-0.3, -0.25) is 0 Å². The van der Waals surface area contributed by atoms with E-state index in [-0.39, 0.29) is 5.75 Å². The summed E-state index contributed by atoms with van der Waals surface area (Å²) in [5.74, 6) is 0.678. The van der Waals surface area contributed by atoms with Gasteiger partial charge in [0.15, 0.2) is 11.5 Å². The molecular weight excluding hydrogens is 152 g/mol. The van der Waals surface area contributed by atoms with Gasteiger partial charge in [-0.05, 0) is 24.6 Å². The minimum atomic E-state index is 0.169. The van der Waals surface area contributed by atoms with Crippen LogP contribution >= 0.6 is 0 Å². The Morgan fingerprint density at radius 2 is 2.33 bits per heavy atom. The van der Waals surface area contributed by atoms with E-state index >= 15 is 0 Å². The van der Waals surface area contributed by atoms with E-state index in [1.165, 1.54) is 0 Å². The highest BCUT2D eigenvalue weighted by Crippen LogP contribution is 2.26. The van der Waals surface area contributed by atoms with Crippen molar-refractivity contribution >= 4 is 0 Å². The van der Waals surface area contributed by atoms with Crippen LogP contribution in [0.4, 0.5) is 0 Å². The molecule has 0 aliphatic carbocycles. The van der Waals surface area contributed by atoms with E-state index in [9.17, 15) is 5.11 Å². The normalized spacial score (nSPS) is 9.42. The number of aromatic hydroxyl groups is 1. The molecule has 0 heterocycles. The standard InChI is InChI=1S/C10H12O2/c1-3-6-12-10-7-8(2)4-5-9(10)11/h3-5,7,11H,1,6H2,2H3. The lowest BCUT2D eigenvalue weighted by Gasteiger charge is -2.05. The first-order valence-corrected chi connectivity index (χ1v) is 3.77. The van der Waals surface area contributed by atoms with Crippen molar-refractivity contribution in [3.05, 3.63) is 36.4 Å². The lowest BCUT2D eigenvalue weighted by Crippen LogP contribution is -1.93. The molecule has 64 valence electrons. The van der Waals surface area contributed by atoms with Gasteiger partial charge in [0.2, 0.25) is 0 Å². The molecule has 1 N–H and O–H groups in total. The molecule has 0 aliphatic heterocycles.